The quantitative estimate of drug-likeness (QED) is 0.557. The first kappa shape index (κ1) is 22.6. The Morgan fingerprint density at radius 3 is 2.10 bits per heavy atom. The molecule has 0 aliphatic rings. The summed E-state index contributed by atoms with van der Waals surface area (Å²) >= 11 is 0. The van der Waals surface area contributed by atoms with Crippen molar-refractivity contribution in [3.05, 3.63) is 71.8 Å². The van der Waals surface area contributed by atoms with E-state index in [4.69, 9.17) is 9.47 Å². The summed E-state index contributed by atoms with van der Waals surface area (Å²) in [4.78, 5) is 26.9. The monoisotopic (exact) mass is 397 g/mol. The molecule has 0 aliphatic carbocycles. The highest BCUT2D eigenvalue weighted by atomic mass is 16.5. The van der Waals surface area contributed by atoms with Gasteiger partial charge in [0, 0.05) is 18.6 Å². The van der Waals surface area contributed by atoms with Crippen LogP contribution in [0.25, 0.3) is 0 Å². The molecular weight excluding hydrogens is 366 g/mol. The minimum Gasteiger partial charge on any atom is -0.469 e. The molecule has 29 heavy (non-hydrogen) atoms. The Morgan fingerprint density at radius 1 is 0.966 bits per heavy atom. The number of esters is 2. The van der Waals surface area contributed by atoms with Crippen molar-refractivity contribution >= 4 is 11.9 Å². The Balaban J connectivity index is 2.35. The van der Waals surface area contributed by atoms with Gasteiger partial charge in [0.1, 0.15) is 0 Å². The largest absolute Gasteiger partial charge is 0.469 e. The molecule has 156 valence electrons. The first-order valence-corrected chi connectivity index (χ1v) is 10.1. The van der Waals surface area contributed by atoms with E-state index in [-0.39, 0.29) is 31.1 Å². The average molecular weight is 398 g/mol. The Bertz CT molecular complexity index is 763. The SMILES string of the molecule is CCOC(=O)CC(C(=O)OC)C(C)N(Cc1ccccc1)[C@@H](C)c1ccccc1. The summed E-state index contributed by atoms with van der Waals surface area (Å²) < 4.78 is 10.1. The molecule has 2 aromatic rings. The summed E-state index contributed by atoms with van der Waals surface area (Å²) in [5.41, 5.74) is 2.29. The predicted octanol–water partition coefficient (Wildman–Crippen LogP) is 4.38. The maximum absolute atomic E-state index is 12.6. The summed E-state index contributed by atoms with van der Waals surface area (Å²) in [6, 6.07) is 20.1. The third-order valence-electron chi connectivity index (χ3n) is 5.29. The molecule has 0 spiro atoms. The molecule has 0 saturated carbocycles. The molecule has 0 heterocycles. The second kappa shape index (κ2) is 11.4. The van der Waals surface area contributed by atoms with Gasteiger partial charge in [-0.2, -0.15) is 0 Å². The van der Waals surface area contributed by atoms with Gasteiger partial charge in [0.2, 0.25) is 0 Å². The first-order valence-electron chi connectivity index (χ1n) is 10.1. The summed E-state index contributed by atoms with van der Waals surface area (Å²) in [5, 5.41) is 0. The van der Waals surface area contributed by atoms with Crippen LogP contribution in [0.3, 0.4) is 0 Å². The lowest BCUT2D eigenvalue weighted by molar-refractivity contribution is -0.156. The van der Waals surface area contributed by atoms with Crippen molar-refractivity contribution in [2.45, 2.75) is 45.8 Å². The van der Waals surface area contributed by atoms with Crippen LogP contribution in [0, 0.1) is 5.92 Å². The molecule has 0 aromatic heterocycles. The van der Waals surface area contributed by atoms with Gasteiger partial charge in [-0.3, -0.25) is 14.5 Å². The van der Waals surface area contributed by atoms with Gasteiger partial charge in [0.25, 0.3) is 0 Å². The van der Waals surface area contributed by atoms with Crippen molar-refractivity contribution < 1.29 is 19.1 Å². The van der Waals surface area contributed by atoms with Gasteiger partial charge in [-0.25, -0.2) is 0 Å². The zero-order valence-corrected chi connectivity index (χ0v) is 17.7. The molecule has 0 N–H and O–H groups in total. The fourth-order valence-electron chi connectivity index (χ4n) is 3.58. The second-order valence-electron chi connectivity index (χ2n) is 7.12. The third kappa shape index (κ3) is 6.43. The van der Waals surface area contributed by atoms with Crippen LogP contribution >= 0.6 is 0 Å². The lowest BCUT2D eigenvalue weighted by Gasteiger charge is -2.38. The van der Waals surface area contributed by atoms with Crippen LogP contribution in [0.5, 0.6) is 0 Å². The fraction of sp³-hybridized carbons (Fsp3) is 0.417. The van der Waals surface area contributed by atoms with Crippen molar-refractivity contribution in [1.82, 2.24) is 4.90 Å². The van der Waals surface area contributed by atoms with Gasteiger partial charge < -0.3 is 9.47 Å². The van der Waals surface area contributed by atoms with Gasteiger partial charge >= 0.3 is 11.9 Å². The van der Waals surface area contributed by atoms with Crippen LogP contribution in [-0.4, -0.2) is 36.6 Å². The standard InChI is InChI=1S/C24H31NO4/c1-5-29-23(26)16-22(24(27)28-4)19(3)25(17-20-12-8-6-9-13-20)18(2)21-14-10-7-11-15-21/h6-15,18-19,22H,5,16-17H2,1-4H3/t18-,19?,22?/m0/s1. The minimum atomic E-state index is -0.617. The van der Waals surface area contributed by atoms with Crippen LogP contribution in [-0.2, 0) is 25.6 Å². The first-order chi connectivity index (χ1) is 14.0. The zero-order chi connectivity index (χ0) is 21.2. The highest BCUT2D eigenvalue weighted by Crippen LogP contribution is 2.29. The number of hydrogen-bond donors (Lipinski definition) is 0. The molecule has 2 rings (SSSR count). The lowest BCUT2D eigenvalue weighted by Crippen LogP contribution is -2.44. The number of carbonyl (C=O) groups excluding carboxylic acids is 2. The van der Waals surface area contributed by atoms with Gasteiger partial charge in [-0.15, -0.1) is 0 Å². The highest BCUT2D eigenvalue weighted by molar-refractivity contribution is 5.80. The Labute approximate surface area is 173 Å². The molecule has 3 atom stereocenters. The number of carbonyl (C=O) groups is 2. The Kier molecular flexibility index (Phi) is 8.87. The molecule has 0 amide bonds. The molecule has 2 unspecified atom stereocenters. The van der Waals surface area contributed by atoms with Crippen molar-refractivity contribution in [3.8, 4) is 0 Å². The van der Waals surface area contributed by atoms with Crippen LogP contribution in [0.15, 0.2) is 60.7 Å². The van der Waals surface area contributed by atoms with Gasteiger partial charge in [0.15, 0.2) is 0 Å². The van der Waals surface area contributed by atoms with E-state index < -0.39 is 11.9 Å². The van der Waals surface area contributed by atoms with E-state index in [2.05, 4.69) is 36.1 Å². The number of methoxy groups -OCH3 is 1. The normalized spacial score (nSPS) is 14.1. The van der Waals surface area contributed by atoms with E-state index in [0.29, 0.717) is 6.54 Å². The lowest BCUT2D eigenvalue weighted by atomic mass is 9.93. The highest BCUT2D eigenvalue weighted by Gasteiger charge is 2.35. The number of rotatable bonds is 10. The fourth-order valence-corrected chi connectivity index (χ4v) is 3.58. The molecule has 0 radical (unpaired) electrons. The smallest absolute Gasteiger partial charge is 0.310 e. The van der Waals surface area contributed by atoms with Crippen molar-refractivity contribution in [1.29, 1.82) is 0 Å². The van der Waals surface area contributed by atoms with Gasteiger partial charge in [-0.1, -0.05) is 60.7 Å². The summed E-state index contributed by atoms with van der Waals surface area (Å²) in [7, 11) is 1.36. The second-order valence-corrected chi connectivity index (χ2v) is 7.12. The maximum Gasteiger partial charge on any atom is 0.310 e. The van der Waals surface area contributed by atoms with Crippen molar-refractivity contribution in [2.24, 2.45) is 5.92 Å². The summed E-state index contributed by atoms with van der Waals surface area (Å²) in [5.74, 6) is -1.40. The predicted molar refractivity (Wildman–Crippen MR) is 113 cm³/mol. The number of hydrogen-bond acceptors (Lipinski definition) is 5. The van der Waals surface area contributed by atoms with E-state index in [1.807, 2.05) is 43.3 Å². The number of nitrogens with zero attached hydrogens (tertiary/aromatic N) is 1. The van der Waals surface area contributed by atoms with E-state index >= 15 is 0 Å². The van der Waals surface area contributed by atoms with E-state index in [9.17, 15) is 9.59 Å². The summed E-state index contributed by atoms with van der Waals surface area (Å²) in [6.45, 7) is 6.79. The van der Waals surface area contributed by atoms with E-state index in [1.165, 1.54) is 7.11 Å². The van der Waals surface area contributed by atoms with Crippen LogP contribution in [0.4, 0.5) is 0 Å². The van der Waals surface area contributed by atoms with Crippen LogP contribution < -0.4 is 0 Å². The van der Waals surface area contributed by atoms with Crippen molar-refractivity contribution in [2.75, 3.05) is 13.7 Å². The molecule has 5 nitrogen and oxygen atoms in total. The zero-order valence-electron chi connectivity index (χ0n) is 17.7. The average Bonchev–Trinajstić information content (AvgIpc) is 2.76. The molecule has 0 bridgehead atoms. The van der Waals surface area contributed by atoms with Crippen LogP contribution in [0.1, 0.15) is 44.4 Å². The minimum absolute atomic E-state index is 0.00548. The Morgan fingerprint density at radius 2 is 1.55 bits per heavy atom. The molecule has 0 aliphatic heterocycles. The van der Waals surface area contributed by atoms with Gasteiger partial charge in [-0.05, 0) is 31.9 Å². The maximum atomic E-state index is 12.6. The topological polar surface area (TPSA) is 55.8 Å². The van der Waals surface area contributed by atoms with E-state index in [0.717, 1.165) is 11.1 Å². The van der Waals surface area contributed by atoms with Crippen LogP contribution in [0.2, 0.25) is 0 Å². The number of ether oxygens (including phenoxy) is 2. The van der Waals surface area contributed by atoms with E-state index in [1.54, 1.807) is 6.92 Å². The molecule has 2 aromatic carbocycles. The third-order valence-corrected chi connectivity index (χ3v) is 5.29. The molecule has 0 saturated heterocycles. The van der Waals surface area contributed by atoms with Gasteiger partial charge in [0.05, 0.1) is 26.1 Å². The van der Waals surface area contributed by atoms with Crippen molar-refractivity contribution in [3.63, 3.8) is 0 Å². The number of benzene rings is 2. The summed E-state index contributed by atoms with van der Waals surface area (Å²) in [6.07, 6.45) is -0.00548. The Hall–Kier alpha value is -2.66. The molecule has 0 fully saturated rings. The molecular formula is C24H31NO4. The molecule has 5 heteroatoms.